The van der Waals surface area contributed by atoms with E-state index in [9.17, 15) is 13.2 Å². The SMILES string of the molecule is C=CC1=C(/C=C\C)[C@@H](CS(=O)(=O)C=C)[C@H](NC(=O)c2cc3cc(Cl)sc3[nH]2)C1. The van der Waals surface area contributed by atoms with Gasteiger partial charge in [0.2, 0.25) is 0 Å². The Kier molecular flexibility index (Phi) is 5.98. The van der Waals surface area contributed by atoms with Crippen LogP contribution in [0.4, 0.5) is 0 Å². The van der Waals surface area contributed by atoms with Crippen LogP contribution in [0.1, 0.15) is 23.8 Å². The minimum Gasteiger partial charge on any atom is -0.347 e. The number of hydrogen-bond acceptors (Lipinski definition) is 4. The lowest BCUT2D eigenvalue weighted by molar-refractivity contribution is 0.0927. The van der Waals surface area contributed by atoms with Gasteiger partial charge in [-0.25, -0.2) is 8.42 Å². The van der Waals surface area contributed by atoms with Crippen LogP contribution in [0.25, 0.3) is 10.2 Å². The Morgan fingerprint density at radius 3 is 2.79 bits per heavy atom. The van der Waals surface area contributed by atoms with Gasteiger partial charge in [0.25, 0.3) is 5.91 Å². The Morgan fingerprint density at radius 2 is 2.18 bits per heavy atom. The Bertz CT molecular complexity index is 1070. The summed E-state index contributed by atoms with van der Waals surface area (Å²) in [5.41, 5.74) is 2.24. The Hall–Kier alpha value is -2.09. The third-order valence-corrected chi connectivity index (χ3v) is 7.32. The molecule has 0 fully saturated rings. The van der Waals surface area contributed by atoms with E-state index < -0.39 is 9.84 Å². The number of carbonyl (C=O) groups excluding carboxylic acids is 1. The van der Waals surface area contributed by atoms with Gasteiger partial charge >= 0.3 is 0 Å². The van der Waals surface area contributed by atoms with E-state index in [4.69, 9.17) is 11.6 Å². The fourth-order valence-electron chi connectivity index (χ4n) is 3.50. The zero-order valence-electron chi connectivity index (χ0n) is 15.4. The van der Waals surface area contributed by atoms with Gasteiger partial charge in [0.05, 0.1) is 10.1 Å². The number of amides is 1. The summed E-state index contributed by atoms with van der Waals surface area (Å²) in [6.07, 6.45) is 5.99. The van der Waals surface area contributed by atoms with E-state index in [0.717, 1.165) is 26.8 Å². The second-order valence-electron chi connectivity index (χ2n) is 6.59. The molecule has 2 heterocycles. The van der Waals surface area contributed by atoms with Crippen LogP contribution in [-0.2, 0) is 9.84 Å². The van der Waals surface area contributed by atoms with Gasteiger partial charge in [-0.1, -0.05) is 43.0 Å². The van der Waals surface area contributed by atoms with E-state index in [2.05, 4.69) is 23.5 Å². The Morgan fingerprint density at radius 1 is 1.43 bits per heavy atom. The van der Waals surface area contributed by atoms with Crippen LogP contribution in [0.2, 0.25) is 4.34 Å². The second kappa shape index (κ2) is 8.11. The number of halogens is 1. The topological polar surface area (TPSA) is 79.0 Å². The number of nitrogens with one attached hydrogen (secondary N) is 2. The monoisotopic (exact) mass is 436 g/mol. The first-order chi connectivity index (χ1) is 13.3. The summed E-state index contributed by atoms with van der Waals surface area (Å²) in [4.78, 5) is 16.7. The minimum atomic E-state index is -3.45. The second-order valence-corrected chi connectivity index (χ2v) is 10.3. The molecule has 1 aliphatic rings. The van der Waals surface area contributed by atoms with Crippen LogP contribution < -0.4 is 5.32 Å². The lowest BCUT2D eigenvalue weighted by atomic mass is 9.98. The smallest absolute Gasteiger partial charge is 0.268 e. The molecule has 1 amide bonds. The van der Waals surface area contributed by atoms with Crippen molar-refractivity contribution in [2.75, 3.05) is 5.75 Å². The molecular formula is C20H21ClN2O3S2. The number of thiophene rings is 1. The largest absolute Gasteiger partial charge is 0.347 e. The molecule has 5 nitrogen and oxygen atoms in total. The van der Waals surface area contributed by atoms with Crippen molar-refractivity contribution in [1.29, 1.82) is 0 Å². The van der Waals surface area contributed by atoms with Crippen molar-refractivity contribution in [3.05, 3.63) is 70.1 Å². The summed E-state index contributed by atoms with van der Waals surface area (Å²) in [6.45, 7) is 9.11. The predicted octanol–water partition coefficient (Wildman–Crippen LogP) is 4.62. The maximum Gasteiger partial charge on any atom is 0.268 e. The molecule has 0 unspecified atom stereocenters. The molecule has 148 valence electrons. The highest BCUT2D eigenvalue weighted by Gasteiger charge is 2.36. The van der Waals surface area contributed by atoms with E-state index in [0.29, 0.717) is 16.5 Å². The first kappa shape index (κ1) is 20.6. The van der Waals surface area contributed by atoms with Gasteiger partial charge in [-0.3, -0.25) is 4.79 Å². The first-order valence-corrected chi connectivity index (χ1v) is 11.6. The highest BCUT2D eigenvalue weighted by atomic mass is 35.5. The number of sulfone groups is 1. The number of carbonyl (C=O) groups is 1. The molecule has 28 heavy (non-hydrogen) atoms. The molecule has 0 aromatic carbocycles. The molecule has 2 N–H and O–H groups in total. The number of aromatic amines is 1. The zero-order chi connectivity index (χ0) is 20.5. The number of fused-ring (bicyclic) bond motifs is 1. The molecule has 0 saturated carbocycles. The van der Waals surface area contributed by atoms with Crippen LogP contribution >= 0.6 is 22.9 Å². The summed E-state index contributed by atoms with van der Waals surface area (Å²) in [5, 5.41) is 4.83. The maximum atomic E-state index is 12.8. The van der Waals surface area contributed by atoms with Gasteiger partial charge in [0.1, 0.15) is 10.5 Å². The van der Waals surface area contributed by atoms with E-state index in [-0.39, 0.29) is 23.6 Å². The molecule has 0 saturated heterocycles. The number of H-pyrrole nitrogens is 1. The van der Waals surface area contributed by atoms with Gasteiger partial charge in [0.15, 0.2) is 9.84 Å². The summed E-state index contributed by atoms with van der Waals surface area (Å²) < 4.78 is 25.0. The molecular weight excluding hydrogens is 416 g/mol. The molecule has 1 aliphatic carbocycles. The van der Waals surface area contributed by atoms with Crippen molar-refractivity contribution in [2.45, 2.75) is 19.4 Å². The summed E-state index contributed by atoms with van der Waals surface area (Å²) in [7, 11) is -3.45. The average Bonchev–Trinajstić information content (AvgIpc) is 3.28. The van der Waals surface area contributed by atoms with Gasteiger partial charge in [-0.05, 0) is 36.6 Å². The maximum absolute atomic E-state index is 12.8. The van der Waals surface area contributed by atoms with Gasteiger partial charge < -0.3 is 10.3 Å². The van der Waals surface area contributed by atoms with E-state index >= 15 is 0 Å². The van der Waals surface area contributed by atoms with Crippen LogP contribution in [0.15, 0.2) is 60.1 Å². The Labute approximate surface area is 173 Å². The van der Waals surface area contributed by atoms with Crippen molar-refractivity contribution in [2.24, 2.45) is 5.92 Å². The van der Waals surface area contributed by atoms with Crippen molar-refractivity contribution in [3.8, 4) is 0 Å². The first-order valence-electron chi connectivity index (χ1n) is 8.70. The van der Waals surface area contributed by atoms with Crippen LogP contribution in [0, 0.1) is 5.92 Å². The summed E-state index contributed by atoms with van der Waals surface area (Å²) >= 11 is 7.34. The third-order valence-electron chi connectivity index (χ3n) is 4.79. The molecule has 2 aromatic rings. The molecule has 2 atom stereocenters. The lowest BCUT2D eigenvalue weighted by Crippen LogP contribution is -2.40. The number of allylic oxidation sites excluding steroid dienone is 3. The summed E-state index contributed by atoms with van der Waals surface area (Å²) in [5.74, 6) is -0.772. The van der Waals surface area contributed by atoms with Gasteiger partial charge in [-0.15, -0.1) is 11.3 Å². The third kappa shape index (κ3) is 4.16. The highest BCUT2D eigenvalue weighted by Crippen LogP contribution is 2.36. The number of rotatable bonds is 7. The fourth-order valence-corrected chi connectivity index (χ4v) is 5.68. The zero-order valence-corrected chi connectivity index (χ0v) is 17.8. The standard InChI is InChI=1S/C20H21ClN2O3S2/c1-4-7-14-12(5-2)8-16(15(14)11-28(25,26)6-3)22-19(24)17-9-13-10-18(21)27-20(13)23-17/h4-7,9-10,15-16,23H,2-3,8,11H2,1H3,(H,22,24)/b7-4-/t15-,16-/m1/s1. The highest BCUT2D eigenvalue weighted by molar-refractivity contribution is 7.94. The normalized spacial score (nSPS) is 20.2. The molecule has 3 rings (SSSR count). The molecule has 0 bridgehead atoms. The van der Waals surface area contributed by atoms with Crippen molar-refractivity contribution >= 4 is 48.9 Å². The quantitative estimate of drug-likeness (QED) is 0.664. The van der Waals surface area contributed by atoms with E-state index in [1.807, 2.05) is 19.1 Å². The Balaban J connectivity index is 1.87. The van der Waals surface area contributed by atoms with Crippen LogP contribution in [0.3, 0.4) is 0 Å². The predicted molar refractivity (Wildman–Crippen MR) is 117 cm³/mol. The molecule has 2 aromatic heterocycles. The lowest BCUT2D eigenvalue weighted by Gasteiger charge is -2.22. The molecule has 0 radical (unpaired) electrons. The van der Waals surface area contributed by atoms with Crippen LogP contribution in [-0.4, -0.2) is 31.1 Å². The van der Waals surface area contributed by atoms with Crippen LogP contribution in [0.5, 0.6) is 0 Å². The van der Waals surface area contributed by atoms with Gasteiger partial charge in [0, 0.05) is 22.8 Å². The van der Waals surface area contributed by atoms with E-state index in [1.54, 1.807) is 18.2 Å². The van der Waals surface area contributed by atoms with Crippen molar-refractivity contribution in [3.63, 3.8) is 0 Å². The molecule has 8 heteroatoms. The van der Waals surface area contributed by atoms with Gasteiger partial charge in [-0.2, -0.15) is 0 Å². The molecule has 0 aliphatic heterocycles. The van der Waals surface area contributed by atoms with E-state index in [1.165, 1.54) is 11.3 Å². The summed E-state index contributed by atoms with van der Waals surface area (Å²) in [6, 6.07) is 3.18. The number of hydrogen-bond donors (Lipinski definition) is 2. The van der Waals surface area contributed by atoms with Crippen molar-refractivity contribution in [1.82, 2.24) is 10.3 Å². The average molecular weight is 437 g/mol. The molecule has 0 spiro atoms. The minimum absolute atomic E-state index is 0.117. The van der Waals surface area contributed by atoms with Crippen molar-refractivity contribution < 1.29 is 13.2 Å². The fraction of sp³-hybridized carbons (Fsp3) is 0.250. The number of aromatic nitrogens is 1.